The van der Waals surface area contributed by atoms with Crippen molar-refractivity contribution in [3.63, 3.8) is 0 Å². The summed E-state index contributed by atoms with van der Waals surface area (Å²) < 4.78 is 4.59. The monoisotopic (exact) mass is 290 g/mol. The predicted molar refractivity (Wildman–Crippen MR) is 75.0 cm³/mol. The average Bonchev–Trinajstić information content (AvgIpc) is 2.47. The third-order valence-electron chi connectivity index (χ3n) is 2.57. The summed E-state index contributed by atoms with van der Waals surface area (Å²) in [6.45, 7) is 0. The molecule has 0 fully saturated rings. The average molecular weight is 291 g/mol. The van der Waals surface area contributed by atoms with Crippen LogP contribution in [0.2, 0.25) is 5.15 Å². The molecule has 0 atom stereocenters. The van der Waals surface area contributed by atoms with E-state index in [9.17, 15) is 9.59 Å². The molecule has 0 aliphatic rings. The third-order valence-corrected chi connectivity index (χ3v) is 2.87. The lowest BCUT2D eigenvalue weighted by molar-refractivity contribution is 0.0600. The molecule has 0 saturated heterocycles. The van der Waals surface area contributed by atoms with E-state index >= 15 is 0 Å². The molecule has 1 aromatic carbocycles. The minimum atomic E-state index is -0.432. The summed E-state index contributed by atoms with van der Waals surface area (Å²) in [6.07, 6.45) is 1.50. The van der Waals surface area contributed by atoms with Crippen molar-refractivity contribution in [2.75, 3.05) is 12.4 Å². The van der Waals surface area contributed by atoms with E-state index in [1.807, 2.05) is 0 Å². The number of hydrogen-bond donors (Lipinski definition) is 1. The van der Waals surface area contributed by atoms with Gasteiger partial charge in [-0.05, 0) is 36.4 Å². The normalized spacial score (nSPS) is 9.90. The van der Waals surface area contributed by atoms with Crippen molar-refractivity contribution in [2.45, 2.75) is 0 Å². The van der Waals surface area contributed by atoms with Crippen LogP contribution < -0.4 is 5.32 Å². The van der Waals surface area contributed by atoms with Gasteiger partial charge in [0.25, 0.3) is 5.91 Å². The van der Waals surface area contributed by atoms with E-state index in [1.165, 1.54) is 13.3 Å². The van der Waals surface area contributed by atoms with Crippen LogP contribution in [0, 0.1) is 0 Å². The van der Waals surface area contributed by atoms with Crippen molar-refractivity contribution in [2.24, 2.45) is 0 Å². The molecule has 1 heterocycles. The molecule has 102 valence electrons. The van der Waals surface area contributed by atoms with Crippen molar-refractivity contribution in [1.29, 1.82) is 0 Å². The van der Waals surface area contributed by atoms with Gasteiger partial charge >= 0.3 is 5.97 Å². The fourth-order valence-corrected chi connectivity index (χ4v) is 1.77. The molecule has 20 heavy (non-hydrogen) atoms. The number of halogens is 1. The van der Waals surface area contributed by atoms with E-state index in [1.54, 1.807) is 36.4 Å². The summed E-state index contributed by atoms with van der Waals surface area (Å²) in [7, 11) is 1.31. The van der Waals surface area contributed by atoms with Gasteiger partial charge in [-0.1, -0.05) is 11.6 Å². The van der Waals surface area contributed by atoms with Gasteiger partial charge in [0.05, 0.1) is 18.2 Å². The lowest BCUT2D eigenvalue weighted by atomic mass is 10.2. The van der Waals surface area contributed by atoms with Crippen LogP contribution in [-0.4, -0.2) is 24.0 Å². The topological polar surface area (TPSA) is 68.3 Å². The van der Waals surface area contributed by atoms with Crippen LogP contribution in [0.5, 0.6) is 0 Å². The third kappa shape index (κ3) is 3.13. The molecule has 2 rings (SSSR count). The minimum absolute atomic E-state index is 0.135. The minimum Gasteiger partial charge on any atom is -0.465 e. The quantitative estimate of drug-likeness (QED) is 0.697. The van der Waals surface area contributed by atoms with Crippen molar-refractivity contribution in [1.82, 2.24) is 4.98 Å². The first-order valence-electron chi connectivity index (χ1n) is 5.72. The number of nitrogens with zero attached hydrogens (tertiary/aromatic N) is 1. The Balaban J connectivity index is 2.13. The zero-order chi connectivity index (χ0) is 14.5. The molecule has 1 aromatic heterocycles. The number of carbonyl (C=O) groups is 2. The highest BCUT2D eigenvalue weighted by molar-refractivity contribution is 6.33. The summed E-state index contributed by atoms with van der Waals surface area (Å²) >= 11 is 5.84. The van der Waals surface area contributed by atoms with E-state index in [0.717, 1.165) is 0 Å². The van der Waals surface area contributed by atoms with Gasteiger partial charge < -0.3 is 10.1 Å². The van der Waals surface area contributed by atoms with Gasteiger partial charge in [0.15, 0.2) is 0 Å². The number of pyridine rings is 1. The molecule has 5 nitrogen and oxygen atoms in total. The highest BCUT2D eigenvalue weighted by Crippen LogP contribution is 2.15. The molecule has 0 saturated carbocycles. The number of rotatable bonds is 3. The number of methoxy groups -OCH3 is 1. The van der Waals surface area contributed by atoms with Gasteiger partial charge in [-0.15, -0.1) is 0 Å². The van der Waals surface area contributed by atoms with Crippen molar-refractivity contribution >= 4 is 29.2 Å². The fourth-order valence-electron chi connectivity index (χ4n) is 1.56. The van der Waals surface area contributed by atoms with Crippen molar-refractivity contribution in [3.8, 4) is 0 Å². The smallest absolute Gasteiger partial charge is 0.337 e. The summed E-state index contributed by atoms with van der Waals surface area (Å²) in [6, 6.07) is 9.54. The number of anilines is 1. The molecule has 0 bridgehead atoms. The number of carbonyl (C=O) groups excluding carboxylic acids is 2. The second kappa shape index (κ2) is 6.16. The standard InChI is InChI=1S/C14H11ClN2O3/c1-20-14(19)9-4-6-10(7-5-9)17-13(18)11-3-2-8-16-12(11)15/h2-8H,1H3,(H,17,18). The largest absolute Gasteiger partial charge is 0.465 e. The lowest BCUT2D eigenvalue weighted by Gasteiger charge is -2.06. The van der Waals surface area contributed by atoms with Gasteiger partial charge in [0.1, 0.15) is 5.15 Å². The van der Waals surface area contributed by atoms with E-state index in [0.29, 0.717) is 11.3 Å². The lowest BCUT2D eigenvalue weighted by Crippen LogP contribution is -2.13. The summed E-state index contributed by atoms with van der Waals surface area (Å²) in [5.74, 6) is -0.799. The summed E-state index contributed by atoms with van der Waals surface area (Å²) in [5, 5.41) is 2.80. The van der Waals surface area contributed by atoms with E-state index in [2.05, 4.69) is 15.0 Å². The highest BCUT2D eigenvalue weighted by atomic mass is 35.5. The van der Waals surface area contributed by atoms with E-state index < -0.39 is 5.97 Å². The van der Waals surface area contributed by atoms with Crippen LogP contribution in [0.25, 0.3) is 0 Å². The Morgan fingerprint density at radius 3 is 2.50 bits per heavy atom. The molecular weight excluding hydrogens is 280 g/mol. The van der Waals surface area contributed by atoms with Gasteiger partial charge in [0.2, 0.25) is 0 Å². The number of nitrogens with one attached hydrogen (secondary N) is 1. The number of aromatic nitrogens is 1. The van der Waals surface area contributed by atoms with Crippen molar-refractivity contribution < 1.29 is 14.3 Å². The second-order valence-electron chi connectivity index (χ2n) is 3.86. The predicted octanol–water partition coefficient (Wildman–Crippen LogP) is 2.77. The van der Waals surface area contributed by atoms with Gasteiger partial charge in [0, 0.05) is 11.9 Å². The Morgan fingerprint density at radius 2 is 1.90 bits per heavy atom. The first kappa shape index (κ1) is 14.0. The Bertz CT molecular complexity index is 641. The first-order chi connectivity index (χ1) is 9.61. The number of amides is 1. The zero-order valence-corrected chi connectivity index (χ0v) is 11.3. The van der Waals surface area contributed by atoms with Gasteiger partial charge in [-0.3, -0.25) is 4.79 Å². The molecule has 0 aliphatic heterocycles. The van der Waals surface area contributed by atoms with Gasteiger partial charge in [-0.2, -0.15) is 0 Å². The molecular formula is C14H11ClN2O3. The maximum absolute atomic E-state index is 12.0. The molecule has 2 aromatic rings. The number of hydrogen-bond acceptors (Lipinski definition) is 4. The molecule has 0 unspecified atom stereocenters. The number of benzene rings is 1. The van der Waals surface area contributed by atoms with Crippen LogP contribution in [0.1, 0.15) is 20.7 Å². The Morgan fingerprint density at radius 1 is 1.20 bits per heavy atom. The summed E-state index contributed by atoms with van der Waals surface area (Å²) in [4.78, 5) is 27.1. The van der Waals surface area contributed by atoms with Crippen LogP contribution in [0.15, 0.2) is 42.6 Å². The van der Waals surface area contributed by atoms with Crippen molar-refractivity contribution in [3.05, 3.63) is 58.9 Å². The Kier molecular flexibility index (Phi) is 4.32. The van der Waals surface area contributed by atoms with Crippen LogP contribution in [-0.2, 0) is 4.74 Å². The zero-order valence-electron chi connectivity index (χ0n) is 10.6. The van der Waals surface area contributed by atoms with E-state index in [-0.39, 0.29) is 16.6 Å². The van der Waals surface area contributed by atoms with Crippen LogP contribution >= 0.6 is 11.6 Å². The number of esters is 1. The van der Waals surface area contributed by atoms with Crippen LogP contribution in [0.4, 0.5) is 5.69 Å². The fraction of sp³-hybridized carbons (Fsp3) is 0.0714. The van der Waals surface area contributed by atoms with Crippen LogP contribution in [0.3, 0.4) is 0 Å². The highest BCUT2D eigenvalue weighted by Gasteiger charge is 2.11. The molecule has 1 amide bonds. The van der Waals surface area contributed by atoms with Gasteiger partial charge in [-0.25, -0.2) is 9.78 Å². The van der Waals surface area contributed by atoms with E-state index in [4.69, 9.17) is 11.6 Å². The maximum atomic E-state index is 12.0. The molecule has 0 spiro atoms. The molecule has 1 N–H and O–H groups in total. The number of ether oxygens (including phenoxy) is 1. The molecule has 6 heteroatoms. The molecule has 0 radical (unpaired) electrons. The first-order valence-corrected chi connectivity index (χ1v) is 6.10. The second-order valence-corrected chi connectivity index (χ2v) is 4.22. The summed E-state index contributed by atoms with van der Waals surface area (Å²) in [5.41, 5.74) is 1.23. The maximum Gasteiger partial charge on any atom is 0.337 e. The Hall–Kier alpha value is -2.40. The SMILES string of the molecule is COC(=O)c1ccc(NC(=O)c2cccnc2Cl)cc1. The molecule has 0 aliphatic carbocycles. The Labute approximate surface area is 120 Å².